The lowest BCUT2D eigenvalue weighted by molar-refractivity contribution is -0.119. The summed E-state index contributed by atoms with van der Waals surface area (Å²) in [6, 6.07) is 7.97. The molecular weight excluding hydrogens is 372 g/mol. The van der Waals surface area contributed by atoms with Gasteiger partial charge in [-0.25, -0.2) is 4.98 Å². The van der Waals surface area contributed by atoms with Crippen LogP contribution in [-0.2, 0) is 10.5 Å². The van der Waals surface area contributed by atoms with Crippen molar-refractivity contribution in [1.82, 2.24) is 10.3 Å². The number of rotatable bonds is 7. The second-order valence-electron chi connectivity index (χ2n) is 7.69. The predicted octanol–water partition coefficient (Wildman–Crippen LogP) is 4.83. The molecule has 3 atom stereocenters. The zero-order chi connectivity index (χ0) is 20.1. The fourth-order valence-corrected chi connectivity index (χ4v) is 4.55. The van der Waals surface area contributed by atoms with E-state index in [0.29, 0.717) is 35.3 Å². The normalized spacial score (nSPS) is 22.1. The van der Waals surface area contributed by atoms with Gasteiger partial charge in [-0.15, -0.1) is 11.8 Å². The van der Waals surface area contributed by atoms with E-state index >= 15 is 0 Å². The van der Waals surface area contributed by atoms with Crippen molar-refractivity contribution in [1.29, 1.82) is 0 Å². The smallest absolute Gasteiger partial charge is 0.230 e. The third-order valence-corrected chi connectivity index (χ3v) is 6.68. The van der Waals surface area contributed by atoms with Crippen LogP contribution in [-0.4, -0.2) is 29.8 Å². The molecule has 0 bridgehead atoms. The number of aryl methyl sites for hydroxylation is 1. The van der Waals surface area contributed by atoms with E-state index < -0.39 is 0 Å². The Bertz CT molecular complexity index is 805. The van der Waals surface area contributed by atoms with E-state index in [1.165, 1.54) is 12.8 Å². The van der Waals surface area contributed by atoms with Crippen LogP contribution in [0, 0.1) is 18.8 Å². The molecule has 0 aliphatic heterocycles. The molecule has 152 valence electrons. The molecule has 1 aliphatic rings. The SMILES string of the molecule is COc1cccc(-c2nc(CSCC(=O)N[C@@H]3CCC[C@H](C)[C@@H]3C)c(C)o2)c1. The maximum atomic E-state index is 12.3. The van der Waals surface area contributed by atoms with Crippen molar-refractivity contribution in [2.24, 2.45) is 11.8 Å². The molecular formula is C22H30N2O3S. The first-order valence-electron chi connectivity index (χ1n) is 9.95. The zero-order valence-corrected chi connectivity index (χ0v) is 18.0. The van der Waals surface area contributed by atoms with Crippen LogP contribution in [0.25, 0.3) is 11.5 Å². The number of carbonyl (C=O) groups is 1. The molecule has 0 radical (unpaired) electrons. The van der Waals surface area contributed by atoms with Gasteiger partial charge in [-0.05, 0) is 43.4 Å². The van der Waals surface area contributed by atoms with Crippen LogP contribution in [0.1, 0.15) is 44.6 Å². The van der Waals surface area contributed by atoms with Crippen molar-refractivity contribution in [3.05, 3.63) is 35.7 Å². The van der Waals surface area contributed by atoms with Crippen molar-refractivity contribution in [2.45, 2.75) is 51.8 Å². The summed E-state index contributed by atoms with van der Waals surface area (Å²) in [5, 5.41) is 3.23. The fourth-order valence-electron chi connectivity index (χ4n) is 3.72. The summed E-state index contributed by atoms with van der Waals surface area (Å²) in [5.74, 6) is 4.59. The first-order valence-corrected chi connectivity index (χ1v) is 11.1. The summed E-state index contributed by atoms with van der Waals surface area (Å²) in [5.41, 5.74) is 1.77. The van der Waals surface area contributed by atoms with Gasteiger partial charge in [0.1, 0.15) is 11.5 Å². The number of aromatic nitrogens is 1. The summed E-state index contributed by atoms with van der Waals surface area (Å²) >= 11 is 1.58. The molecule has 1 fully saturated rings. The summed E-state index contributed by atoms with van der Waals surface area (Å²) in [7, 11) is 1.64. The van der Waals surface area contributed by atoms with Crippen LogP contribution < -0.4 is 10.1 Å². The number of amides is 1. The van der Waals surface area contributed by atoms with Gasteiger partial charge in [0.15, 0.2) is 0 Å². The van der Waals surface area contributed by atoms with E-state index in [0.717, 1.165) is 29.2 Å². The number of oxazole rings is 1. The van der Waals surface area contributed by atoms with Gasteiger partial charge in [0, 0.05) is 17.4 Å². The van der Waals surface area contributed by atoms with Crippen LogP contribution in [0.5, 0.6) is 5.75 Å². The highest BCUT2D eigenvalue weighted by atomic mass is 32.2. The number of hydrogen-bond donors (Lipinski definition) is 1. The number of methoxy groups -OCH3 is 1. The maximum Gasteiger partial charge on any atom is 0.230 e. The molecule has 2 aromatic rings. The summed E-state index contributed by atoms with van der Waals surface area (Å²) in [4.78, 5) is 17.0. The highest BCUT2D eigenvalue weighted by Gasteiger charge is 2.28. The molecule has 0 spiro atoms. The third kappa shape index (κ3) is 5.10. The van der Waals surface area contributed by atoms with Crippen molar-refractivity contribution in [2.75, 3.05) is 12.9 Å². The molecule has 0 unspecified atom stereocenters. The second kappa shape index (κ2) is 9.50. The minimum Gasteiger partial charge on any atom is -0.497 e. The Balaban J connectivity index is 1.52. The number of thioether (sulfide) groups is 1. The van der Waals surface area contributed by atoms with Crippen LogP contribution in [0.2, 0.25) is 0 Å². The lowest BCUT2D eigenvalue weighted by Crippen LogP contribution is -2.44. The Labute approximate surface area is 171 Å². The van der Waals surface area contributed by atoms with Crippen molar-refractivity contribution in [3.8, 4) is 17.2 Å². The van der Waals surface area contributed by atoms with E-state index in [-0.39, 0.29) is 5.91 Å². The van der Waals surface area contributed by atoms with Gasteiger partial charge < -0.3 is 14.5 Å². The molecule has 1 aromatic heterocycles. The Kier molecular flexibility index (Phi) is 7.05. The van der Waals surface area contributed by atoms with Crippen molar-refractivity contribution in [3.63, 3.8) is 0 Å². The Hall–Kier alpha value is -1.95. The minimum atomic E-state index is 0.116. The fraction of sp³-hybridized carbons (Fsp3) is 0.545. The molecule has 3 rings (SSSR count). The van der Waals surface area contributed by atoms with Gasteiger partial charge in [-0.1, -0.05) is 32.8 Å². The van der Waals surface area contributed by atoms with Crippen LogP contribution in [0.15, 0.2) is 28.7 Å². The van der Waals surface area contributed by atoms with Gasteiger partial charge in [0.25, 0.3) is 0 Å². The predicted molar refractivity (Wildman–Crippen MR) is 113 cm³/mol. The van der Waals surface area contributed by atoms with Crippen molar-refractivity contribution >= 4 is 17.7 Å². The van der Waals surface area contributed by atoms with Gasteiger partial charge in [-0.2, -0.15) is 0 Å². The first kappa shape index (κ1) is 20.8. The number of ether oxygens (including phenoxy) is 1. The van der Waals surface area contributed by atoms with Crippen LogP contribution in [0.3, 0.4) is 0 Å². The Morgan fingerprint density at radius 1 is 1.36 bits per heavy atom. The van der Waals surface area contributed by atoms with E-state index in [9.17, 15) is 4.79 Å². The number of carbonyl (C=O) groups excluding carboxylic acids is 1. The van der Waals surface area contributed by atoms with Gasteiger partial charge >= 0.3 is 0 Å². The molecule has 1 aliphatic carbocycles. The summed E-state index contributed by atoms with van der Waals surface area (Å²) in [6.45, 7) is 6.45. The topological polar surface area (TPSA) is 64.4 Å². The lowest BCUT2D eigenvalue weighted by atomic mass is 9.78. The summed E-state index contributed by atoms with van der Waals surface area (Å²) in [6.07, 6.45) is 3.56. The average Bonchev–Trinajstić information content (AvgIpc) is 3.06. The molecule has 1 heterocycles. The van der Waals surface area contributed by atoms with E-state index in [1.807, 2.05) is 31.2 Å². The highest BCUT2D eigenvalue weighted by Crippen LogP contribution is 2.30. The minimum absolute atomic E-state index is 0.116. The van der Waals surface area contributed by atoms with Crippen LogP contribution >= 0.6 is 11.8 Å². The first-order chi connectivity index (χ1) is 13.5. The molecule has 6 heteroatoms. The van der Waals surface area contributed by atoms with Crippen LogP contribution in [0.4, 0.5) is 0 Å². The van der Waals surface area contributed by atoms with E-state index in [1.54, 1.807) is 18.9 Å². The molecule has 1 amide bonds. The molecule has 1 saturated carbocycles. The average molecular weight is 403 g/mol. The van der Waals surface area contributed by atoms with Crippen molar-refractivity contribution < 1.29 is 13.9 Å². The highest BCUT2D eigenvalue weighted by molar-refractivity contribution is 7.99. The molecule has 5 nitrogen and oxygen atoms in total. The van der Waals surface area contributed by atoms with Gasteiger partial charge in [0.05, 0.1) is 18.6 Å². The second-order valence-corrected chi connectivity index (χ2v) is 8.67. The zero-order valence-electron chi connectivity index (χ0n) is 17.2. The van der Waals surface area contributed by atoms with Gasteiger partial charge in [0.2, 0.25) is 11.8 Å². The number of hydrogen-bond acceptors (Lipinski definition) is 5. The maximum absolute atomic E-state index is 12.3. The monoisotopic (exact) mass is 402 g/mol. The largest absolute Gasteiger partial charge is 0.497 e. The van der Waals surface area contributed by atoms with E-state index in [2.05, 4.69) is 24.1 Å². The van der Waals surface area contributed by atoms with Gasteiger partial charge in [-0.3, -0.25) is 4.79 Å². The number of nitrogens with zero attached hydrogens (tertiary/aromatic N) is 1. The molecule has 1 N–H and O–H groups in total. The lowest BCUT2D eigenvalue weighted by Gasteiger charge is -2.34. The molecule has 0 saturated heterocycles. The molecule has 28 heavy (non-hydrogen) atoms. The third-order valence-electron chi connectivity index (χ3n) is 5.73. The molecule has 1 aromatic carbocycles. The Morgan fingerprint density at radius 2 is 2.18 bits per heavy atom. The number of nitrogens with one attached hydrogen (secondary N) is 1. The summed E-state index contributed by atoms with van der Waals surface area (Å²) < 4.78 is 11.1. The Morgan fingerprint density at radius 3 is 2.96 bits per heavy atom. The number of benzene rings is 1. The quantitative estimate of drug-likeness (QED) is 0.718. The standard InChI is InChI=1S/C22H30N2O3S/c1-14-7-5-10-19(15(14)2)23-21(25)13-28-12-20-16(3)27-22(24-20)17-8-6-9-18(11-17)26-4/h6,8-9,11,14-15,19H,5,7,10,12-13H2,1-4H3,(H,23,25)/t14-,15-,19+/m0/s1. The van der Waals surface area contributed by atoms with E-state index in [4.69, 9.17) is 9.15 Å².